The summed E-state index contributed by atoms with van der Waals surface area (Å²) in [4.78, 5) is 69.2. The average molecular weight is 451 g/mol. The summed E-state index contributed by atoms with van der Waals surface area (Å²) in [6, 6.07) is -6.14. The number of carboxylic acid groups (broad SMARTS) is 2. The zero-order valence-electron chi connectivity index (χ0n) is 15.9. The van der Waals surface area contributed by atoms with Gasteiger partial charge in [-0.1, -0.05) is 0 Å². The molecule has 0 aromatic rings. The summed E-state index contributed by atoms with van der Waals surface area (Å²) in [5.74, 6) is -7.24. The molecule has 14 nitrogen and oxygen atoms in total. The zero-order valence-corrected chi connectivity index (χ0v) is 16.8. The molecule has 0 bridgehead atoms. The Bertz CT molecular complexity index is 687. The van der Waals surface area contributed by atoms with Gasteiger partial charge in [0.1, 0.15) is 18.1 Å². The Morgan fingerprint density at radius 2 is 1.43 bits per heavy atom. The number of carbonyl (C=O) groups is 6. The first-order valence-electron chi connectivity index (χ1n) is 8.48. The van der Waals surface area contributed by atoms with Gasteiger partial charge in [0.05, 0.1) is 25.0 Å². The molecule has 30 heavy (non-hydrogen) atoms. The number of carbonyl (C=O) groups excluding carboxylic acids is 4. The standard InChI is InChI=1S/C15H25N5O9S/c1-5(21)11(14(27)18-7(15(28)29)3-9(17)22)20-13(26)8(4-30)19-12(25)6(16)2-10(23)24/h5-8,11,21,30H,2-4,16H2,1H3,(H2,17,22)(H,18,27)(H,19,25)(H,20,26)(H,23,24)(H,28,29). The van der Waals surface area contributed by atoms with Gasteiger partial charge >= 0.3 is 11.9 Å². The first kappa shape index (κ1) is 27.1. The van der Waals surface area contributed by atoms with E-state index in [1.54, 1.807) is 0 Å². The molecule has 0 rings (SSSR count). The van der Waals surface area contributed by atoms with Gasteiger partial charge in [0, 0.05) is 5.75 Å². The summed E-state index contributed by atoms with van der Waals surface area (Å²) in [6.07, 6.45) is -2.91. The number of aliphatic carboxylic acids is 2. The van der Waals surface area contributed by atoms with E-state index in [2.05, 4.69) is 23.3 Å². The van der Waals surface area contributed by atoms with E-state index < -0.39 is 78.7 Å². The van der Waals surface area contributed by atoms with Gasteiger partial charge < -0.3 is 42.7 Å². The quantitative estimate of drug-likeness (QED) is 0.121. The summed E-state index contributed by atoms with van der Waals surface area (Å²) in [6.45, 7) is 1.13. The van der Waals surface area contributed by atoms with Crippen molar-refractivity contribution < 1.29 is 44.1 Å². The molecule has 0 aromatic heterocycles. The number of hydrogen-bond acceptors (Lipinski definition) is 9. The van der Waals surface area contributed by atoms with Gasteiger partial charge in [-0.3, -0.25) is 24.0 Å². The third-order valence-electron chi connectivity index (χ3n) is 3.63. The Labute approximate surface area is 176 Å². The number of aliphatic hydroxyl groups excluding tert-OH is 1. The van der Waals surface area contributed by atoms with Crippen LogP contribution in [0, 0.1) is 0 Å². The molecule has 0 aliphatic carbocycles. The van der Waals surface area contributed by atoms with Gasteiger partial charge in [-0.05, 0) is 6.92 Å². The summed E-state index contributed by atoms with van der Waals surface area (Å²) in [5.41, 5.74) is 10.3. The molecule has 170 valence electrons. The molecule has 0 aliphatic rings. The van der Waals surface area contributed by atoms with Crippen LogP contribution in [0.3, 0.4) is 0 Å². The fourth-order valence-electron chi connectivity index (χ4n) is 2.08. The number of nitrogens with two attached hydrogens (primary N) is 2. The molecule has 0 heterocycles. The van der Waals surface area contributed by atoms with Gasteiger partial charge in [-0.2, -0.15) is 12.6 Å². The van der Waals surface area contributed by atoms with Crippen molar-refractivity contribution in [1.29, 1.82) is 0 Å². The highest BCUT2D eigenvalue weighted by Crippen LogP contribution is 2.01. The Morgan fingerprint density at radius 3 is 1.83 bits per heavy atom. The summed E-state index contributed by atoms with van der Waals surface area (Å²) in [7, 11) is 0. The summed E-state index contributed by atoms with van der Waals surface area (Å²) >= 11 is 3.89. The second kappa shape index (κ2) is 12.6. The van der Waals surface area contributed by atoms with Gasteiger partial charge in [-0.15, -0.1) is 0 Å². The van der Waals surface area contributed by atoms with Gasteiger partial charge in [-0.25, -0.2) is 4.79 Å². The Morgan fingerprint density at radius 1 is 0.900 bits per heavy atom. The van der Waals surface area contributed by atoms with E-state index in [1.807, 2.05) is 5.32 Å². The SMILES string of the molecule is CC(O)C(NC(=O)C(CS)NC(=O)C(N)CC(=O)O)C(=O)NC(CC(N)=O)C(=O)O. The van der Waals surface area contributed by atoms with E-state index in [-0.39, 0.29) is 5.75 Å². The number of carboxylic acids is 2. The van der Waals surface area contributed by atoms with Crippen LogP contribution < -0.4 is 27.4 Å². The second-order valence-corrected chi connectivity index (χ2v) is 6.61. The molecule has 0 spiro atoms. The highest BCUT2D eigenvalue weighted by Gasteiger charge is 2.33. The fourth-order valence-corrected chi connectivity index (χ4v) is 2.33. The number of rotatable bonds is 13. The molecule has 0 saturated heterocycles. The molecular weight excluding hydrogens is 426 g/mol. The van der Waals surface area contributed by atoms with Crippen molar-refractivity contribution in [3.63, 3.8) is 0 Å². The lowest BCUT2D eigenvalue weighted by Gasteiger charge is -2.25. The second-order valence-electron chi connectivity index (χ2n) is 6.24. The molecule has 0 saturated carbocycles. The third kappa shape index (κ3) is 9.53. The Balaban J connectivity index is 5.21. The maximum absolute atomic E-state index is 12.4. The highest BCUT2D eigenvalue weighted by atomic mass is 32.1. The van der Waals surface area contributed by atoms with Crippen molar-refractivity contribution in [2.24, 2.45) is 11.5 Å². The lowest BCUT2D eigenvalue weighted by atomic mass is 10.1. The Kier molecular flexibility index (Phi) is 11.4. The molecule has 0 aromatic carbocycles. The van der Waals surface area contributed by atoms with Crippen LogP contribution in [0.4, 0.5) is 0 Å². The highest BCUT2D eigenvalue weighted by molar-refractivity contribution is 7.80. The molecule has 4 amide bonds. The van der Waals surface area contributed by atoms with Crippen LogP contribution in [0.25, 0.3) is 0 Å². The van der Waals surface area contributed by atoms with Crippen LogP contribution >= 0.6 is 12.6 Å². The van der Waals surface area contributed by atoms with Crippen LogP contribution in [0.1, 0.15) is 19.8 Å². The molecule has 5 unspecified atom stereocenters. The normalized spacial score (nSPS) is 15.6. The molecule has 0 radical (unpaired) electrons. The van der Waals surface area contributed by atoms with Crippen LogP contribution in [0.5, 0.6) is 0 Å². The van der Waals surface area contributed by atoms with E-state index >= 15 is 0 Å². The monoisotopic (exact) mass is 451 g/mol. The van der Waals surface area contributed by atoms with Crippen molar-refractivity contribution in [3.8, 4) is 0 Å². The van der Waals surface area contributed by atoms with Gasteiger partial charge in [0.2, 0.25) is 23.6 Å². The van der Waals surface area contributed by atoms with E-state index in [0.717, 1.165) is 6.92 Å². The van der Waals surface area contributed by atoms with E-state index in [0.29, 0.717) is 0 Å². The number of amides is 4. The van der Waals surface area contributed by atoms with Crippen molar-refractivity contribution in [3.05, 3.63) is 0 Å². The molecule has 5 atom stereocenters. The molecule has 10 N–H and O–H groups in total. The fraction of sp³-hybridized carbons (Fsp3) is 0.600. The topological polar surface area (TPSA) is 251 Å². The minimum absolute atomic E-state index is 0.273. The minimum atomic E-state index is -1.69. The number of primary amides is 1. The first-order valence-corrected chi connectivity index (χ1v) is 9.11. The van der Waals surface area contributed by atoms with Crippen molar-refractivity contribution in [2.75, 3.05) is 5.75 Å². The van der Waals surface area contributed by atoms with E-state index in [4.69, 9.17) is 21.7 Å². The first-order chi connectivity index (χ1) is 13.8. The van der Waals surface area contributed by atoms with Crippen LogP contribution in [-0.4, -0.2) is 86.9 Å². The molecule has 15 heteroatoms. The van der Waals surface area contributed by atoms with E-state index in [9.17, 15) is 33.9 Å². The summed E-state index contributed by atoms with van der Waals surface area (Å²) in [5, 5.41) is 33.7. The number of thiol groups is 1. The predicted octanol–water partition coefficient (Wildman–Crippen LogP) is -4.49. The lowest BCUT2D eigenvalue weighted by Crippen LogP contribution is -2.60. The van der Waals surface area contributed by atoms with Crippen molar-refractivity contribution in [2.45, 2.75) is 50.0 Å². The van der Waals surface area contributed by atoms with E-state index in [1.165, 1.54) is 0 Å². The number of hydrogen-bond donors (Lipinski definition) is 9. The lowest BCUT2D eigenvalue weighted by molar-refractivity contribution is -0.144. The number of nitrogens with one attached hydrogen (secondary N) is 3. The predicted molar refractivity (Wildman–Crippen MR) is 103 cm³/mol. The van der Waals surface area contributed by atoms with Crippen LogP contribution in [0.2, 0.25) is 0 Å². The molecule has 0 fully saturated rings. The van der Waals surface area contributed by atoms with Gasteiger partial charge in [0.15, 0.2) is 0 Å². The van der Waals surface area contributed by atoms with Crippen LogP contribution in [0.15, 0.2) is 0 Å². The molecule has 0 aliphatic heterocycles. The van der Waals surface area contributed by atoms with Gasteiger partial charge in [0.25, 0.3) is 0 Å². The largest absolute Gasteiger partial charge is 0.481 e. The van der Waals surface area contributed by atoms with Crippen molar-refractivity contribution >= 4 is 48.2 Å². The zero-order chi connectivity index (χ0) is 23.6. The Hall–Kier alpha value is -2.91. The number of aliphatic hydroxyl groups is 1. The average Bonchev–Trinajstić information content (AvgIpc) is 2.61. The third-order valence-corrected chi connectivity index (χ3v) is 3.99. The van der Waals surface area contributed by atoms with Crippen LogP contribution in [-0.2, 0) is 28.8 Å². The molecular formula is C15H25N5O9S. The maximum Gasteiger partial charge on any atom is 0.326 e. The minimum Gasteiger partial charge on any atom is -0.481 e. The maximum atomic E-state index is 12.4. The summed E-state index contributed by atoms with van der Waals surface area (Å²) < 4.78 is 0. The van der Waals surface area contributed by atoms with Crippen molar-refractivity contribution in [1.82, 2.24) is 16.0 Å². The smallest absolute Gasteiger partial charge is 0.326 e.